The summed E-state index contributed by atoms with van der Waals surface area (Å²) in [4.78, 5) is 11.0. The molecule has 2 heterocycles. The molecule has 0 aliphatic heterocycles. The Morgan fingerprint density at radius 2 is 2.08 bits per heavy atom. The van der Waals surface area contributed by atoms with E-state index in [4.69, 9.17) is 0 Å². The van der Waals surface area contributed by atoms with Crippen LogP contribution in [-0.2, 0) is 23.0 Å². The fourth-order valence-corrected chi connectivity index (χ4v) is 4.45. The molecule has 0 radical (unpaired) electrons. The maximum Gasteiger partial charge on any atom is 0.242 e. The average Bonchev–Trinajstić information content (AvgIpc) is 3.02. The van der Waals surface area contributed by atoms with Gasteiger partial charge >= 0.3 is 0 Å². The van der Waals surface area contributed by atoms with E-state index in [9.17, 15) is 8.42 Å². The summed E-state index contributed by atoms with van der Waals surface area (Å²) in [5, 5.41) is 3.16. The van der Waals surface area contributed by atoms with Crippen molar-refractivity contribution < 1.29 is 8.42 Å². The molecule has 6 nitrogen and oxygen atoms in total. The highest BCUT2D eigenvalue weighted by Crippen LogP contribution is 2.17. The monoisotopic (exact) mass is 382 g/mol. The third-order valence-corrected chi connectivity index (χ3v) is 6.42. The van der Waals surface area contributed by atoms with Crippen LogP contribution < -0.4 is 9.62 Å². The standard InChI is InChI=1S/C17H26N4O2S2/c1-5-7-13(3)20-25(22,23)15-8-9-16(18-10-15)21(4)11-14-12-24-17(6-2)19-14/h8-10,12-13,20H,5-7,11H2,1-4H3. The van der Waals surface area contributed by atoms with Gasteiger partial charge in [0.2, 0.25) is 10.0 Å². The fourth-order valence-electron chi connectivity index (χ4n) is 2.49. The Labute approximate surface area is 154 Å². The van der Waals surface area contributed by atoms with Gasteiger partial charge in [-0.15, -0.1) is 11.3 Å². The molecule has 25 heavy (non-hydrogen) atoms. The predicted molar refractivity (Wildman–Crippen MR) is 103 cm³/mol. The number of nitrogens with zero attached hydrogens (tertiary/aromatic N) is 3. The third kappa shape index (κ3) is 5.49. The van der Waals surface area contributed by atoms with Crippen molar-refractivity contribution in [3.63, 3.8) is 0 Å². The average molecular weight is 383 g/mol. The van der Waals surface area contributed by atoms with Crippen molar-refractivity contribution in [3.8, 4) is 0 Å². The molecule has 2 aromatic rings. The fraction of sp³-hybridized carbons (Fsp3) is 0.529. The highest BCUT2D eigenvalue weighted by molar-refractivity contribution is 7.89. The van der Waals surface area contributed by atoms with Gasteiger partial charge in [0.25, 0.3) is 0 Å². The second kappa shape index (κ2) is 8.73. The Bertz CT molecular complexity index is 772. The maximum atomic E-state index is 12.4. The van der Waals surface area contributed by atoms with Gasteiger partial charge in [0.15, 0.2) is 0 Å². The molecule has 0 bridgehead atoms. The molecule has 0 aliphatic carbocycles. The van der Waals surface area contributed by atoms with E-state index in [1.807, 2.05) is 31.2 Å². The molecule has 1 atom stereocenters. The first-order chi connectivity index (χ1) is 11.9. The Kier molecular flexibility index (Phi) is 6.92. The molecule has 0 spiro atoms. The number of thiazole rings is 1. The van der Waals surface area contributed by atoms with Crippen molar-refractivity contribution in [2.75, 3.05) is 11.9 Å². The van der Waals surface area contributed by atoms with E-state index < -0.39 is 10.0 Å². The van der Waals surface area contributed by atoms with Gasteiger partial charge in [-0.25, -0.2) is 23.1 Å². The van der Waals surface area contributed by atoms with Crippen LogP contribution >= 0.6 is 11.3 Å². The molecule has 0 saturated heterocycles. The molecule has 0 saturated carbocycles. The molecule has 0 amide bonds. The van der Waals surface area contributed by atoms with Gasteiger partial charge in [-0.05, 0) is 31.9 Å². The lowest BCUT2D eigenvalue weighted by atomic mass is 10.2. The first kappa shape index (κ1) is 19.8. The number of sulfonamides is 1. The molecule has 1 N–H and O–H groups in total. The van der Waals surface area contributed by atoms with Crippen molar-refractivity contribution in [2.24, 2.45) is 0 Å². The smallest absolute Gasteiger partial charge is 0.242 e. The van der Waals surface area contributed by atoms with Crippen molar-refractivity contribution in [2.45, 2.75) is 57.5 Å². The van der Waals surface area contributed by atoms with Gasteiger partial charge in [-0.1, -0.05) is 20.3 Å². The lowest BCUT2D eigenvalue weighted by molar-refractivity contribution is 0.543. The summed E-state index contributed by atoms with van der Waals surface area (Å²) in [5.74, 6) is 0.714. The first-order valence-electron chi connectivity index (χ1n) is 8.48. The molecule has 8 heteroatoms. The number of aromatic nitrogens is 2. The lowest BCUT2D eigenvalue weighted by Gasteiger charge is -2.18. The number of hydrogen-bond donors (Lipinski definition) is 1. The highest BCUT2D eigenvalue weighted by atomic mass is 32.2. The van der Waals surface area contributed by atoms with Crippen LogP contribution in [0.25, 0.3) is 0 Å². The minimum atomic E-state index is -3.52. The minimum Gasteiger partial charge on any atom is -0.354 e. The van der Waals surface area contributed by atoms with E-state index in [2.05, 4.69) is 21.6 Å². The summed E-state index contributed by atoms with van der Waals surface area (Å²) in [6.07, 6.45) is 4.08. The van der Waals surface area contributed by atoms with Crippen LogP contribution in [0.1, 0.15) is 44.3 Å². The Hall–Kier alpha value is -1.51. The van der Waals surface area contributed by atoms with Crippen molar-refractivity contribution in [3.05, 3.63) is 34.4 Å². The number of aryl methyl sites for hydroxylation is 1. The number of pyridine rings is 1. The Morgan fingerprint density at radius 1 is 1.32 bits per heavy atom. The Balaban J connectivity index is 2.05. The number of rotatable bonds is 9. The molecule has 138 valence electrons. The molecule has 1 unspecified atom stereocenters. The normalized spacial score (nSPS) is 13.0. The maximum absolute atomic E-state index is 12.4. The van der Waals surface area contributed by atoms with Gasteiger partial charge in [-0.2, -0.15) is 0 Å². The van der Waals surface area contributed by atoms with Crippen LogP contribution in [-0.4, -0.2) is 31.5 Å². The zero-order valence-corrected chi connectivity index (χ0v) is 16.8. The summed E-state index contributed by atoms with van der Waals surface area (Å²) in [7, 11) is -1.61. The second-order valence-corrected chi connectivity index (χ2v) is 8.76. The molecule has 0 aromatic carbocycles. The number of nitrogens with one attached hydrogen (secondary N) is 1. The van der Waals surface area contributed by atoms with Crippen LogP contribution in [0, 0.1) is 0 Å². The van der Waals surface area contributed by atoms with Gasteiger partial charge in [0.05, 0.1) is 17.2 Å². The van der Waals surface area contributed by atoms with E-state index in [1.165, 1.54) is 6.20 Å². The van der Waals surface area contributed by atoms with Crippen LogP contribution in [0.4, 0.5) is 5.82 Å². The van der Waals surface area contributed by atoms with E-state index in [0.29, 0.717) is 12.4 Å². The first-order valence-corrected chi connectivity index (χ1v) is 10.8. The number of hydrogen-bond acceptors (Lipinski definition) is 6. The lowest BCUT2D eigenvalue weighted by Crippen LogP contribution is -2.32. The number of anilines is 1. The Morgan fingerprint density at radius 3 is 2.64 bits per heavy atom. The van der Waals surface area contributed by atoms with Crippen molar-refractivity contribution in [1.29, 1.82) is 0 Å². The molecule has 2 aromatic heterocycles. The zero-order valence-electron chi connectivity index (χ0n) is 15.2. The van der Waals surface area contributed by atoms with E-state index in [1.54, 1.807) is 23.5 Å². The quantitative estimate of drug-likeness (QED) is 0.721. The van der Waals surface area contributed by atoms with Crippen molar-refractivity contribution >= 4 is 27.2 Å². The van der Waals surface area contributed by atoms with Crippen LogP contribution in [0.3, 0.4) is 0 Å². The molecule has 0 fully saturated rings. The van der Waals surface area contributed by atoms with Crippen molar-refractivity contribution in [1.82, 2.24) is 14.7 Å². The van der Waals surface area contributed by atoms with E-state index >= 15 is 0 Å². The SMILES string of the molecule is CCCC(C)NS(=O)(=O)c1ccc(N(C)Cc2csc(CC)n2)nc1. The largest absolute Gasteiger partial charge is 0.354 e. The van der Waals surface area contributed by atoms with E-state index in [-0.39, 0.29) is 10.9 Å². The molecular weight excluding hydrogens is 356 g/mol. The predicted octanol–water partition coefficient (Wildman–Crippen LogP) is 3.20. The van der Waals surface area contributed by atoms with E-state index in [0.717, 1.165) is 30.0 Å². The molecule has 2 rings (SSSR count). The molecule has 0 aliphatic rings. The summed E-state index contributed by atoms with van der Waals surface area (Å²) in [5.41, 5.74) is 0.998. The highest BCUT2D eigenvalue weighted by Gasteiger charge is 2.18. The van der Waals surface area contributed by atoms with Gasteiger partial charge in [-0.3, -0.25) is 0 Å². The van der Waals surface area contributed by atoms with Gasteiger partial charge in [0, 0.05) is 24.7 Å². The summed E-state index contributed by atoms with van der Waals surface area (Å²) in [6, 6.07) is 3.24. The topological polar surface area (TPSA) is 75.2 Å². The minimum absolute atomic E-state index is 0.0882. The third-order valence-electron chi connectivity index (χ3n) is 3.80. The van der Waals surface area contributed by atoms with Gasteiger partial charge < -0.3 is 4.90 Å². The van der Waals surface area contributed by atoms with Crippen LogP contribution in [0.15, 0.2) is 28.6 Å². The van der Waals surface area contributed by atoms with Crippen LogP contribution in [0.2, 0.25) is 0 Å². The van der Waals surface area contributed by atoms with Crippen LogP contribution in [0.5, 0.6) is 0 Å². The summed E-state index contributed by atoms with van der Waals surface area (Å²) in [6.45, 7) is 6.63. The summed E-state index contributed by atoms with van der Waals surface area (Å²) < 4.78 is 27.4. The zero-order chi connectivity index (χ0) is 18.4. The van der Waals surface area contributed by atoms with Gasteiger partial charge in [0.1, 0.15) is 10.7 Å². The second-order valence-electron chi connectivity index (χ2n) is 6.11. The molecular formula is C17H26N4O2S2. The summed E-state index contributed by atoms with van der Waals surface area (Å²) >= 11 is 1.66.